The van der Waals surface area contributed by atoms with E-state index in [-0.39, 0.29) is 23.7 Å². The molecule has 0 unspecified atom stereocenters. The third-order valence-corrected chi connectivity index (χ3v) is 5.45. The number of para-hydroxylation sites is 1. The summed E-state index contributed by atoms with van der Waals surface area (Å²) in [6.07, 6.45) is 5.64. The second-order valence-electron chi connectivity index (χ2n) is 7.99. The van der Waals surface area contributed by atoms with Crippen LogP contribution in [0.25, 0.3) is 0 Å². The van der Waals surface area contributed by atoms with Crippen molar-refractivity contribution in [2.75, 3.05) is 12.3 Å². The maximum absolute atomic E-state index is 12.6. The number of nitrogens with one attached hydrogen (secondary N) is 2. The Morgan fingerprint density at radius 1 is 0.941 bits per heavy atom. The van der Waals surface area contributed by atoms with Crippen molar-refractivity contribution in [3.05, 3.63) is 130 Å². The molecule has 0 saturated carbocycles. The largest absolute Gasteiger partial charge is 0.398 e. The van der Waals surface area contributed by atoms with E-state index in [1.54, 1.807) is 53.4 Å². The molecule has 0 spiro atoms. The lowest BCUT2D eigenvalue weighted by molar-refractivity contribution is 0.0959. The summed E-state index contributed by atoms with van der Waals surface area (Å²) in [4.78, 5) is 28.7. The minimum absolute atomic E-state index is 0.0323. The zero-order valence-electron chi connectivity index (χ0n) is 18.6. The van der Waals surface area contributed by atoms with Gasteiger partial charge in [-0.25, -0.2) is 0 Å². The highest BCUT2D eigenvalue weighted by molar-refractivity contribution is 6.06. The molecule has 34 heavy (non-hydrogen) atoms. The highest BCUT2D eigenvalue weighted by Gasteiger charge is 2.11. The van der Waals surface area contributed by atoms with Gasteiger partial charge in [0.25, 0.3) is 11.5 Å². The molecule has 0 aliphatic rings. The highest BCUT2D eigenvalue weighted by atomic mass is 16.1. The van der Waals surface area contributed by atoms with Gasteiger partial charge >= 0.3 is 0 Å². The molecule has 4 rings (SSSR count). The maximum Gasteiger partial charge on any atom is 0.253 e. The van der Waals surface area contributed by atoms with Crippen molar-refractivity contribution in [3.8, 4) is 0 Å². The fourth-order valence-electron chi connectivity index (χ4n) is 3.63. The molecule has 0 saturated heterocycles. The number of hydrogen-bond acceptors (Lipinski definition) is 5. The van der Waals surface area contributed by atoms with E-state index < -0.39 is 0 Å². The number of hydrogen-bond donors (Lipinski definition) is 3. The average Bonchev–Trinajstić information content (AvgIpc) is 2.85. The Balaban J connectivity index is 1.37. The van der Waals surface area contributed by atoms with E-state index in [0.29, 0.717) is 29.8 Å². The number of carbonyl (C=O) groups is 1. The molecule has 4 aromatic rings. The molecule has 0 aliphatic carbocycles. The molecule has 2 aromatic carbocycles. The van der Waals surface area contributed by atoms with Gasteiger partial charge in [-0.2, -0.15) is 0 Å². The molecule has 0 radical (unpaired) electrons. The second kappa shape index (κ2) is 10.4. The molecule has 4 N–H and O–H groups in total. The zero-order chi connectivity index (χ0) is 23.9. The summed E-state index contributed by atoms with van der Waals surface area (Å²) in [6, 6.07) is 22.1. The third kappa shape index (κ3) is 5.63. The molecule has 0 aliphatic heterocycles. The van der Waals surface area contributed by atoms with Crippen molar-refractivity contribution in [2.45, 2.75) is 13.0 Å². The Hall–Kier alpha value is -4.52. The molecule has 170 valence electrons. The lowest BCUT2D eigenvalue weighted by atomic mass is 10.0. The van der Waals surface area contributed by atoms with Crippen LogP contribution in [-0.2, 0) is 13.0 Å². The summed E-state index contributed by atoms with van der Waals surface area (Å²) >= 11 is 0. The van der Waals surface area contributed by atoms with Gasteiger partial charge in [0.1, 0.15) is 0 Å². The van der Waals surface area contributed by atoms with Crippen LogP contribution in [0.4, 0.5) is 5.69 Å². The van der Waals surface area contributed by atoms with E-state index in [4.69, 9.17) is 11.1 Å². The average molecular weight is 452 g/mol. The van der Waals surface area contributed by atoms with Crippen LogP contribution in [-0.4, -0.2) is 27.7 Å². The topological polar surface area (TPSA) is 114 Å². The Bertz CT molecular complexity index is 1380. The van der Waals surface area contributed by atoms with E-state index in [9.17, 15) is 9.59 Å². The van der Waals surface area contributed by atoms with Crippen molar-refractivity contribution in [3.63, 3.8) is 0 Å². The number of carbonyl (C=O) groups excluding carboxylic acids is 1. The second-order valence-corrected chi connectivity index (χ2v) is 7.99. The van der Waals surface area contributed by atoms with Crippen molar-refractivity contribution >= 4 is 17.3 Å². The van der Waals surface area contributed by atoms with Crippen molar-refractivity contribution < 1.29 is 4.79 Å². The normalized spacial score (nSPS) is 10.6. The summed E-state index contributed by atoms with van der Waals surface area (Å²) < 4.78 is 1.66. The van der Waals surface area contributed by atoms with Crippen LogP contribution in [0.2, 0.25) is 0 Å². The lowest BCUT2D eigenvalue weighted by Crippen LogP contribution is -2.30. The number of benzene rings is 2. The molecule has 0 atom stereocenters. The smallest absolute Gasteiger partial charge is 0.253 e. The van der Waals surface area contributed by atoms with Gasteiger partial charge < -0.3 is 21.0 Å². The van der Waals surface area contributed by atoms with E-state index in [0.717, 1.165) is 16.7 Å². The first-order chi connectivity index (χ1) is 16.5. The van der Waals surface area contributed by atoms with Gasteiger partial charge in [-0.15, -0.1) is 0 Å². The summed E-state index contributed by atoms with van der Waals surface area (Å²) in [6.45, 7) is 0.587. The first-order valence-corrected chi connectivity index (χ1v) is 10.9. The van der Waals surface area contributed by atoms with E-state index >= 15 is 0 Å². The summed E-state index contributed by atoms with van der Waals surface area (Å²) in [7, 11) is 0. The van der Waals surface area contributed by atoms with E-state index in [1.165, 1.54) is 6.20 Å². The van der Waals surface area contributed by atoms with Gasteiger partial charge in [0, 0.05) is 35.9 Å². The number of pyridine rings is 2. The van der Waals surface area contributed by atoms with E-state index in [1.807, 2.05) is 36.4 Å². The number of nitrogens with two attached hydrogens (primary N) is 1. The van der Waals surface area contributed by atoms with Crippen molar-refractivity contribution in [1.29, 1.82) is 5.41 Å². The predicted octanol–water partition coefficient (Wildman–Crippen LogP) is 3.26. The Morgan fingerprint density at radius 2 is 1.68 bits per heavy atom. The van der Waals surface area contributed by atoms with E-state index in [2.05, 4.69) is 10.3 Å². The van der Waals surface area contributed by atoms with Gasteiger partial charge in [-0.05, 0) is 41.3 Å². The molecule has 2 aromatic heterocycles. The Morgan fingerprint density at radius 3 is 2.44 bits per heavy atom. The molecule has 7 heteroatoms. The van der Waals surface area contributed by atoms with Gasteiger partial charge in [0.2, 0.25) is 0 Å². The number of rotatable bonds is 8. The zero-order valence-corrected chi connectivity index (χ0v) is 18.6. The first-order valence-electron chi connectivity index (χ1n) is 10.9. The van der Waals surface area contributed by atoms with Crippen LogP contribution < -0.4 is 16.6 Å². The number of amides is 1. The molecule has 0 bridgehead atoms. The fraction of sp³-hybridized carbons (Fsp3) is 0.111. The summed E-state index contributed by atoms with van der Waals surface area (Å²) in [5, 5.41) is 11.0. The standard InChI is InChI=1S/C27H25N5O2/c28-24-6-2-1-5-23(24)25(29)17-31-27(34)22-14-21(15-30-16-22)13-19-8-10-20(11-9-19)18-32-12-4-3-7-26(32)33/h1-12,14-16,29H,13,17-18,28H2,(H,31,34). The van der Waals surface area contributed by atoms with Crippen LogP contribution in [0, 0.1) is 5.41 Å². The minimum atomic E-state index is -0.294. The first kappa shape index (κ1) is 22.7. The number of anilines is 1. The minimum Gasteiger partial charge on any atom is -0.398 e. The quantitative estimate of drug-likeness (QED) is 0.282. The maximum atomic E-state index is 12.6. The van der Waals surface area contributed by atoms with Crippen LogP contribution in [0.1, 0.15) is 32.6 Å². The number of nitrogens with zero attached hydrogens (tertiary/aromatic N) is 2. The molecule has 0 fully saturated rings. The molecule has 1 amide bonds. The molecular weight excluding hydrogens is 426 g/mol. The van der Waals surface area contributed by atoms with Crippen molar-refractivity contribution in [2.24, 2.45) is 0 Å². The summed E-state index contributed by atoms with van der Waals surface area (Å²) in [5.41, 5.74) is 10.7. The van der Waals surface area contributed by atoms with Crippen LogP contribution in [0.5, 0.6) is 0 Å². The van der Waals surface area contributed by atoms with Crippen molar-refractivity contribution in [1.82, 2.24) is 14.9 Å². The Kier molecular flexibility index (Phi) is 6.93. The lowest BCUT2D eigenvalue weighted by Gasteiger charge is -2.10. The van der Waals surface area contributed by atoms with Crippen LogP contribution in [0.3, 0.4) is 0 Å². The van der Waals surface area contributed by atoms with Crippen LogP contribution >= 0.6 is 0 Å². The number of aromatic nitrogens is 2. The summed E-state index contributed by atoms with van der Waals surface area (Å²) in [5.74, 6) is -0.294. The molecular formula is C27H25N5O2. The molecule has 7 nitrogen and oxygen atoms in total. The van der Waals surface area contributed by atoms with Gasteiger partial charge in [0.15, 0.2) is 0 Å². The Labute approximate surface area is 197 Å². The van der Waals surface area contributed by atoms with Gasteiger partial charge in [-0.3, -0.25) is 14.6 Å². The van der Waals surface area contributed by atoms with Gasteiger partial charge in [-0.1, -0.05) is 48.5 Å². The highest BCUT2D eigenvalue weighted by Crippen LogP contribution is 2.13. The van der Waals surface area contributed by atoms with Crippen LogP contribution in [0.15, 0.2) is 96.2 Å². The number of nitrogen functional groups attached to an aromatic ring is 1. The fourth-order valence-corrected chi connectivity index (χ4v) is 3.63. The third-order valence-electron chi connectivity index (χ3n) is 5.45. The SMILES string of the molecule is N=C(CNC(=O)c1cncc(Cc2ccc(Cn3ccccc3=O)cc2)c1)c1ccccc1N. The molecule has 2 heterocycles. The monoisotopic (exact) mass is 451 g/mol. The van der Waals surface area contributed by atoms with Gasteiger partial charge in [0.05, 0.1) is 24.4 Å². The predicted molar refractivity (Wildman–Crippen MR) is 133 cm³/mol.